The average Bonchev–Trinajstić information content (AvgIpc) is 3.27. The van der Waals surface area contributed by atoms with Gasteiger partial charge in [-0.25, -0.2) is 4.79 Å². The van der Waals surface area contributed by atoms with Crippen LogP contribution in [0.5, 0.6) is 23.0 Å². The van der Waals surface area contributed by atoms with Crippen molar-refractivity contribution in [3.05, 3.63) is 59.2 Å². The SMILES string of the molecule is C/C=C(/C)C(=O)OC[C@@H]1C(c2ccc(OC)c(OC)c2)OC[C@@H]1Cc1ccc(OC)c(OC)c1. The summed E-state index contributed by atoms with van der Waals surface area (Å²) in [6.45, 7) is 4.36. The van der Waals surface area contributed by atoms with E-state index in [4.69, 9.17) is 28.4 Å². The van der Waals surface area contributed by atoms with Gasteiger partial charge in [-0.15, -0.1) is 0 Å². The molecular formula is C27H34O7. The smallest absolute Gasteiger partial charge is 0.333 e. The fourth-order valence-corrected chi connectivity index (χ4v) is 4.24. The van der Waals surface area contributed by atoms with Crippen LogP contribution in [-0.2, 0) is 20.7 Å². The summed E-state index contributed by atoms with van der Waals surface area (Å²) < 4.78 is 33.7. The minimum atomic E-state index is -0.315. The highest BCUT2D eigenvalue weighted by molar-refractivity contribution is 5.87. The van der Waals surface area contributed by atoms with E-state index in [0.717, 1.165) is 17.5 Å². The number of methoxy groups -OCH3 is 4. The fraction of sp³-hybridized carbons (Fsp3) is 0.444. The van der Waals surface area contributed by atoms with Crippen molar-refractivity contribution < 1.29 is 33.2 Å². The molecule has 0 amide bonds. The van der Waals surface area contributed by atoms with Crippen LogP contribution in [0.1, 0.15) is 31.1 Å². The zero-order valence-electron chi connectivity index (χ0n) is 20.8. The van der Waals surface area contributed by atoms with Gasteiger partial charge >= 0.3 is 5.97 Å². The Morgan fingerprint density at radius 3 is 2.18 bits per heavy atom. The summed E-state index contributed by atoms with van der Waals surface area (Å²) >= 11 is 0. The first kappa shape index (κ1) is 25.4. The van der Waals surface area contributed by atoms with Crippen molar-refractivity contribution in [2.45, 2.75) is 26.4 Å². The maximum atomic E-state index is 12.4. The molecule has 1 saturated heterocycles. The number of allylic oxidation sites excluding steroid dienone is 1. The normalized spacial score (nSPS) is 20.1. The van der Waals surface area contributed by atoms with Gasteiger partial charge in [0.25, 0.3) is 0 Å². The lowest BCUT2D eigenvalue weighted by Crippen LogP contribution is -2.24. The van der Waals surface area contributed by atoms with E-state index in [0.29, 0.717) is 35.2 Å². The van der Waals surface area contributed by atoms with Crippen LogP contribution in [-0.4, -0.2) is 47.6 Å². The number of carbonyl (C=O) groups is 1. The highest BCUT2D eigenvalue weighted by Gasteiger charge is 2.39. The first-order valence-electron chi connectivity index (χ1n) is 11.3. The molecule has 0 aromatic heterocycles. The molecule has 184 valence electrons. The molecule has 2 aromatic rings. The van der Waals surface area contributed by atoms with Crippen molar-refractivity contribution in [1.82, 2.24) is 0 Å². The number of hydrogen-bond donors (Lipinski definition) is 0. The van der Waals surface area contributed by atoms with Crippen LogP contribution >= 0.6 is 0 Å². The van der Waals surface area contributed by atoms with Gasteiger partial charge < -0.3 is 28.4 Å². The van der Waals surface area contributed by atoms with Crippen LogP contribution in [0.15, 0.2) is 48.0 Å². The molecule has 1 aliphatic rings. The van der Waals surface area contributed by atoms with E-state index in [-0.39, 0.29) is 30.5 Å². The summed E-state index contributed by atoms with van der Waals surface area (Å²) in [4.78, 5) is 12.4. The van der Waals surface area contributed by atoms with Gasteiger partial charge in [0.2, 0.25) is 0 Å². The quantitative estimate of drug-likeness (QED) is 0.366. The fourth-order valence-electron chi connectivity index (χ4n) is 4.24. The summed E-state index contributed by atoms with van der Waals surface area (Å²) in [5.74, 6) is 2.43. The van der Waals surface area contributed by atoms with Gasteiger partial charge in [-0.1, -0.05) is 18.2 Å². The number of ether oxygens (including phenoxy) is 6. The van der Waals surface area contributed by atoms with E-state index in [1.54, 1.807) is 41.4 Å². The second-order valence-corrected chi connectivity index (χ2v) is 8.26. The van der Waals surface area contributed by atoms with E-state index >= 15 is 0 Å². The Balaban J connectivity index is 1.87. The molecule has 0 bridgehead atoms. The van der Waals surface area contributed by atoms with Crippen LogP contribution in [0.3, 0.4) is 0 Å². The molecule has 1 aliphatic heterocycles. The van der Waals surface area contributed by atoms with Crippen molar-refractivity contribution in [2.75, 3.05) is 41.7 Å². The standard InChI is InChI=1S/C27H34O7/c1-7-17(2)27(28)34-16-21-20(12-18-8-10-22(29-3)24(13-18)31-5)15-33-26(21)19-9-11-23(30-4)25(14-19)32-6/h7-11,13-14,20-21,26H,12,15-16H2,1-6H3/b17-7-/t20-,21-,26?/m0/s1. The third kappa shape index (κ3) is 5.65. The summed E-state index contributed by atoms with van der Waals surface area (Å²) in [5.41, 5.74) is 2.63. The van der Waals surface area contributed by atoms with Crippen molar-refractivity contribution in [3.8, 4) is 23.0 Å². The number of hydrogen-bond acceptors (Lipinski definition) is 7. The minimum Gasteiger partial charge on any atom is -0.493 e. The molecule has 0 saturated carbocycles. The van der Waals surface area contributed by atoms with E-state index in [1.165, 1.54) is 0 Å². The van der Waals surface area contributed by atoms with Gasteiger partial charge in [-0.05, 0) is 61.6 Å². The molecule has 34 heavy (non-hydrogen) atoms. The number of rotatable bonds is 10. The largest absolute Gasteiger partial charge is 0.493 e. The Labute approximate surface area is 201 Å². The Morgan fingerprint density at radius 1 is 0.941 bits per heavy atom. The lowest BCUT2D eigenvalue weighted by Gasteiger charge is -2.24. The molecule has 3 rings (SSSR count). The predicted molar refractivity (Wildman–Crippen MR) is 129 cm³/mol. The van der Waals surface area contributed by atoms with E-state index in [2.05, 4.69) is 0 Å². The number of esters is 1. The van der Waals surface area contributed by atoms with Crippen LogP contribution < -0.4 is 18.9 Å². The van der Waals surface area contributed by atoms with E-state index in [1.807, 2.05) is 43.3 Å². The van der Waals surface area contributed by atoms with Crippen LogP contribution in [0.4, 0.5) is 0 Å². The van der Waals surface area contributed by atoms with Gasteiger partial charge in [0, 0.05) is 11.5 Å². The Kier molecular flexibility index (Phi) is 8.82. The highest BCUT2D eigenvalue weighted by Crippen LogP contribution is 2.43. The van der Waals surface area contributed by atoms with Gasteiger partial charge in [0.1, 0.15) is 0 Å². The molecule has 1 heterocycles. The van der Waals surface area contributed by atoms with E-state index < -0.39 is 0 Å². The van der Waals surface area contributed by atoms with E-state index in [9.17, 15) is 4.79 Å². The minimum absolute atomic E-state index is 0.0418. The highest BCUT2D eigenvalue weighted by atomic mass is 16.5. The molecule has 2 aromatic carbocycles. The summed E-state index contributed by atoms with van der Waals surface area (Å²) in [6, 6.07) is 11.7. The maximum absolute atomic E-state index is 12.4. The monoisotopic (exact) mass is 470 g/mol. The molecule has 1 fully saturated rings. The molecule has 7 nitrogen and oxygen atoms in total. The van der Waals surface area contributed by atoms with Gasteiger partial charge in [-0.3, -0.25) is 0 Å². The summed E-state index contributed by atoms with van der Waals surface area (Å²) in [5, 5.41) is 0. The van der Waals surface area contributed by atoms with Crippen molar-refractivity contribution in [2.24, 2.45) is 11.8 Å². The molecule has 7 heteroatoms. The lowest BCUT2D eigenvalue weighted by atomic mass is 9.84. The number of benzene rings is 2. The Hall–Kier alpha value is -3.19. The summed E-state index contributed by atoms with van der Waals surface area (Å²) in [6.07, 6.45) is 2.25. The Bertz CT molecular complexity index is 1010. The third-order valence-corrected chi connectivity index (χ3v) is 6.33. The molecule has 3 atom stereocenters. The topological polar surface area (TPSA) is 72.5 Å². The Morgan fingerprint density at radius 2 is 1.56 bits per heavy atom. The van der Waals surface area contributed by atoms with Gasteiger partial charge in [0.05, 0.1) is 47.8 Å². The van der Waals surface area contributed by atoms with Crippen molar-refractivity contribution in [3.63, 3.8) is 0 Å². The van der Waals surface area contributed by atoms with Crippen molar-refractivity contribution in [1.29, 1.82) is 0 Å². The van der Waals surface area contributed by atoms with Crippen LogP contribution in [0.2, 0.25) is 0 Å². The predicted octanol–water partition coefficient (Wildman–Crippen LogP) is 4.78. The van der Waals surface area contributed by atoms with Crippen LogP contribution in [0.25, 0.3) is 0 Å². The maximum Gasteiger partial charge on any atom is 0.333 e. The first-order chi connectivity index (χ1) is 16.4. The lowest BCUT2D eigenvalue weighted by molar-refractivity contribution is -0.141. The second-order valence-electron chi connectivity index (χ2n) is 8.26. The van der Waals surface area contributed by atoms with Gasteiger partial charge in [0.15, 0.2) is 23.0 Å². The second kappa shape index (κ2) is 11.8. The summed E-state index contributed by atoms with van der Waals surface area (Å²) in [7, 11) is 6.46. The van der Waals surface area contributed by atoms with Crippen LogP contribution in [0, 0.1) is 11.8 Å². The zero-order valence-corrected chi connectivity index (χ0v) is 20.8. The molecular weight excluding hydrogens is 436 g/mol. The third-order valence-electron chi connectivity index (χ3n) is 6.33. The van der Waals surface area contributed by atoms with Crippen molar-refractivity contribution >= 4 is 5.97 Å². The molecule has 0 spiro atoms. The first-order valence-corrected chi connectivity index (χ1v) is 11.3. The molecule has 0 radical (unpaired) electrons. The van der Waals surface area contributed by atoms with Gasteiger partial charge in [-0.2, -0.15) is 0 Å². The number of carbonyl (C=O) groups excluding carboxylic acids is 1. The average molecular weight is 471 g/mol. The molecule has 0 N–H and O–H groups in total. The molecule has 0 aliphatic carbocycles. The zero-order chi connectivity index (χ0) is 24.7. The molecule has 1 unspecified atom stereocenters.